The number of carbonyl (C=O) groups is 2. The molecule has 0 radical (unpaired) electrons. The summed E-state index contributed by atoms with van der Waals surface area (Å²) in [4.78, 5) is 27.6. The summed E-state index contributed by atoms with van der Waals surface area (Å²) < 4.78 is 11.0. The van der Waals surface area contributed by atoms with E-state index in [9.17, 15) is 9.59 Å². The molecule has 0 saturated heterocycles. The van der Waals surface area contributed by atoms with E-state index in [1.54, 1.807) is 25.1 Å². The Labute approximate surface area is 207 Å². The predicted molar refractivity (Wildman–Crippen MR) is 139 cm³/mol. The number of nitrogens with one attached hydrogen (secondary N) is 1. The average molecular weight is 475 g/mol. The molecule has 6 heteroatoms. The molecule has 0 aliphatic rings. The zero-order valence-corrected chi connectivity index (χ0v) is 20.9. The van der Waals surface area contributed by atoms with Crippen molar-refractivity contribution in [3.63, 3.8) is 0 Å². The average Bonchev–Trinajstić information content (AvgIpc) is 2.83. The number of benzene rings is 3. The minimum Gasteiger partial charge on any atom is -0.487 e. The lowest BCUT2D eigenvalue weighted by atomic mass is 10.0. The van der Waals surface area contributed by atoms with Crippen molar-refractivity contribution in [2.45, 2.75) is 46.4 Å². The Morgan fingerprint density at radius 1 is 0.886 bits per heavy atom. The molecule has 0 aliphatic heterocycles. The minimum absolute atomic E-state index is 0.0441. The highest BCUT2D eigenvalue weighted by Gasteiger charge is 2.25. The molecule has 0 aliphatic carbocycles. The molecule has 0 heterocycles. The molecule has 6 nitrogen and oxygen atoms in total. The number of nitrogens with zero attached hydrogens (tertiary/aromatic N) is 1. The van der Waals surface area contributed by atoms with Gasteiger partial charge < -0.3 is 9.47 Å². The molecule has 35 heavy (non-hydrogen) atoms. The fourth-order valence-electron chi connectivity index (χ4n) is 3.54. The second-order valence-electron chi connectivity index (χ2n) is 9.27. The maximum atomic E-state index is 13.3. The van der Waals surface area contributed by atoms with Gasteiger partial charge in [0.1, 0.15) is 12.4 Å². The van der Waals surface area contributed by atoms with Crippen molar-refractivity contribution in [2.75, 3.05) is 18.5 Å². The Kier molecular flexibility index (Phi) is 9.04. The van der Waals surface area contributed by atoms with E-state index in [1.807, 2.05) is 48.5 Å². The number of hydrogen-bond donors (Lipinski definition) is 1. The molecular weight excluding hydrogens is 440 g/mol. The summed E-state index contributed by atoms with van der Waals surface area (Å²) in [7, 11) is 0. The van der Waals surface area contributed by atoms with Crippen LogP contribution >= 0.6 is 0 Å². The number of ketones is 1. The van der Waals surface area contributed by atoms with E-state index in [4.69, 9.17) is 9.47 Å². The molecule has 3 aromatic rings. The first-order valence-corrected chi connectivity index (χ1v) is 11.8. The summed E-state index contributed by atoms with van der Waals surface area (Å²) in [6.07, 6.45) is -0.595. The fourth-order valence-corrected chi connectivity index (χ4v) is 3.54. The molecule has 0 spiro atoms. The highest BCUT2D eigenvalue weighted by molar-refractivity contribution is 6.00. The Hall–Kier alpha value is -3.64. The Morgan fingerprint density at radius 3 is 2.11 bits per heavy atom. The van der Waals surface area contributed by atoms with Gasteiger partial charge in [0.05, 0.1) is 18.8 Å². The fraction of sp³-hybridized carbons (Fsp3) is 0.310. The molecule has 0 saturated carbocycles. The first-order chi connectivity index (χ1) is 16.8. The summed E-state index contributed by atoms with van der Waals surface area (Å²) in [5.41, 5.74) is 2.82. The molecular formula is C29H34N2O4. The van der Waals surface area contributed by atoms with Crippen LogP contribution in [0.5, 0.6) is 5.75 Å². The molecule has 1 amide bonds. The van der Waals surface area contributed by atoms with Crippen molar-refractivity contribution in [2.24, 2.45) is 0 Å². The van der Waals surface area contributed by atoms with Crippen LogP contribution in [-0.2, 0) is 17.9 Å². The first-order valence-electron chi connectivity index (χ1n) is 11.8. The number of amides is 1. The third kappa shape index (κ3) is 7.97. The maximum Gasteiger partial charge on any atom is 0.411 e. The zero-order valence-electron chi connectivity index (χ0n) is 20.9. The molecule has 0 unspecified atom stereocenters. The molecule has 184 valence electrons. The lowest BCUT2D eigenvalue weighted by Crippen LogP contribution is -2.43. The standard InChI is InChI=1S/C29H34N2O4/c1-5-34-28(33)30-25-18-24(16-17-27(25)35-21-23-14-10-7-11-15-23)26(32)20-31(29(2,3)4)19-22-12-8-6-9-13-22/h6-18H,5,19-21H2,1-4H3,(H,30,33). The Bertz CT molecular complexity index is 1110. The Balaban J connectivity index is 1.80. The SMILES string of the molecule is CCOC(=O)Nc1cc(C(=O)CN(Cc2ccccc2)C(C)(C)C)ccc1OCc1ccccc1. The molecule has 0 atom stereocenters. The van der Waals surface area contributed by atoms with Gasteiger partial charge in [-0.25, -0.2) is 4.79 Å². The van der Waals surface area contributed by atoms with Crippen LogP contribution in [0.15, 0.2) is 78.9 Å². The van der Waals surface area contributed by atoms with Gasteiger partial charge in [0, 0.05) is 17.6 Å². The second kappa shape index (κ2) is 12.2. The van der Waals surface area contributed by atoms with Crippen LogP contribution in [0.2, 0.25) is 0 Å². The highest BCUT2D eigenvalue weighted by Crippen LogP contribution is 2.28. The molecule has 0 bridgehead atoms. The van der Waals surface area contributed by atoms with Gasteiger partial charge in [0.2, 0.25) is 0 Å². The number of carbonyl (C=O) groups excluding carboxylic acids is 2. The molecule has 3 rings (SSSR count). The van der Waals surface area contributed by atoms with Crippen LogP contribution < -0.4 is 10.1 Å². The van der Waals surface area contributed by atoms with E-state index in [0.29, 0.717) is 30.2 Å². The van der Waals surface area contributed by atoms with E-state index < -0.39 is 6.09 Å². The number of hydrogen-bond acceptors (Lipinski definition) is 5. The van der Waals surface area contributed by atoms with Crippen LogP contribution in [0, 0.1) is 0 Å². The Morgan fingerprint density at radius 2 is 1.51 bits per heavy atom. The van der Waals surface area contributed by atoms with Crippen LogP contribution in [0.25, 0.3) is 0 Å². The summed E-state index contributed by atoms with van der Waals surface area (Å²) >= 11 is 0. The summed E-state index contributed by atoms with van der Waals surface area (Å²) in [5, 5.41) is 2.71. The van der Waals surface area contributed by atoms with Crippen molar-refractivity contribution < 1.29 is 19.1 Å². The third-order valence-corrected chi connectivity index (χ3v) is 5.55. The van der Waals surface area contributed by atoms with E-state index in [2.05, 4.69) is 43.1 Å². The number of rotatable bonds is 10. The van der Waals surface area contributed by atoms with Crippen molar-refractivity contribution in [1.82, 2.24) is 4.90 Å². The van der Waals surface area contributed by atoms with Crippen molar-refractivity contribution >= 4 is 17.6 Å². The van der Waals surface area contributed by atoms with Gasteiger partial charge in [-0.3, -0.25) is 15.0 Å². The molecule has 0 aromatic heterocycles. The number of anilines is 1. The van der Waals surface area contributed by atoms with Crippen molar-refractivity contribution in [3.8, 4) is 5.75 Å². The van der Waals surface area contributed by atoms with Crippen LogP contribution in [0.4, 0.5) is 10.5 Å². The van der Waals surface area contributed by atoms with E-state index in [0.717, 1.165) is 11.1 Å². The van der Waals surface area contributed by atoms with Crippen LogP contribution in [0.3, 0.4) is 0 Å². The molecule has 1 N–H and O–H groups in total. The summed E-state index contributed by atoms with van der Waals surface area (Å²) in [6, 6.07) is 25.0. The number of ether oxygens (including phenoxy) is 2. The predicted octanol–water partition coefficient (Wildman–Crippen LogP) is 6.32. The topological polar surface area (TPSA) is 67.9 Å². The van der Waals surface area contributed by atoms with Gasteiger partial charge in [-0.2, -0.15) is 0 Å². The third-order valence-electron chi connectivity index (χ3n) is 5.55. The largest absolute Gasteiger partial charge is 0.487 e. The van der Waals surface area contributed by atoms with Gasteiger partial charge in [0.25, 0.3) is 0 Å². The summed E-state index contributed by atoms with van der Waals surface area (Å²) in [5.74, 6) is 0.424. The quantitative estimate of drug-likeness (QED) is 0.348. The van der Waals surface area contributed by atoms with Gasteiger partial charge >= 0.3 is 6.09 Å². The molecule has 3 aromatic carbocycles. The lowest BCUT2D eigenvalue weighted by Gasteiger charge is -2.35. The van der Waals surface area contributed by atoms with E-state index >= 15 is 0 Å². The lowest BCUT2D eigenvalue weighted by molar-refractivity contribution is 0.0793. The van der Waals surface area contributed by atoms with Gasteiger partial charge in [-0.05, 0) is 57.0 Å². The van der Waals surface area contributed by atoms with Crippen molar-refractivity contribution in [1.29, 1.82) is 0 Å². The minimum atomic E-state index is -0.595. The smallest absolute Gasteiger partial charge is 0.411 e. The van der Waals surface area contributed by atoms with Gasteiger partial charge in [-0.1, -0.05) is 60.7 Å². The summed E-state index contributed by atoms with van der Waals surface area (Å²) in [6.45, 7) is 9.49. The highest BCUT2D eigenvalue weighted by atomic mass is 16.5. The zero-order chi connectivity index (χ0) is 25.3. The second-order valence-corrected chi connectivity index (χ2v) is 9.27. The van der Waals surface area contributed by atoms with E-state index in [1.165, 1.54) is 0 Å². The van der Waals surface area contributed by atoms with Crippen LogP contribution in [0.1, 0.15) is 49.2 Å². The molecule has 0 fully saturated rings. The normalized spacial score (nSPS) is 11.2. The monoisotopic (exact) mass is 474 g/mol. The maximum absolute atomic E-state index is 13.3. The van der Waals surface area contributed by atoms with Crippen molar-refractivity contribution in [3.05, 3.63) is 95.6 Å². The van der Waals surface area contributed by atoms with Crippen LogP contribution in [-0.4, -0.2) is 35.5 Å². The number of Topliss-reactive ketones (excluding diaryl/α,β-unsaturated/α-hetero) is 1. The van der Waals surface area contributed by atoms with E-state index in [-0.39, 0.29) is 24.5 Å². The van der Waals surface area contributed by atoms with Gasteiger partial charge in [0.15, 0.2) is 5.78 Å². The van der Waals surface area contributed by atoms with Gasteiger partial charge in [-0.15, -0.1) is 0 Å². The first kappa shape index (κ1) is 26.0.